The third-order valence-electron chi connectivity index (χ3n) is 3.27. The van der Waals surface area contributed by atoms with E-state index in [0.29, 0.717) is 16.3 Å². The molecular formula is C16H13Cl2N3O3S. The fraction of sp³-hybridized carbons (Fsp3) is 0.125. The van der Waals surface area contributed by atoms with E-state index in [1.54, 1.807) is 31.2 Å². The summed E-state index contributed by atoms with van der Waals surface area (Å²) in [6, 6.07) is 9.62. The Morgan fingerprint density at radius 3 is 2.48 bits per heavy atom. The second-order valence-electron chi connectivity index (χ2n) is 5.18. The third kappa shape index (κ3) is 5.38. The average Bonchev–Trinajstić information content (AvgIpc) is 2.52. The van der Waals surface area contributed by atoms with Gasteiger partial charge >= 0.3 is 0 Å². The molecule has 0 heterocycles. The Kier molecular flexibility index (Phi) is 6.30. The van der Waals surface area contributed by atoms with Crippen molar-refractivity contribution >= 4 is 57.8 Å². The van der Waals surface area contributed by atoms with Crippen LogP contribution in [0, 0.1) is 17.0 Å². The van der Waals surface area contributed by atoms with E-state index in [-0.39, 0.29) is 28.2 Å². The zero-order valence-electron chi connectivity index (χ0n) is 13.0. The number of halogens is 2. The molecule has 0 aliphatic carbocycles. The van der Waals surface area contributed by atoms with Crippen LogP contribution in [0.1, 0.15) is 11.1 Å². The molecule has 2 rings (SSSR count). The highest BCUT2D eigenvalue weighted by atomic mass is 35.5. The van der Waals surface area contributed by atoms with Crippen LogP contribution in [0.15, 0.2) is 36.4 Å². The van der Waals surface area contributed by atoms with Crippen molar-refractivity contribution in [2.24, 2.45) is 0 Å². The maximum atomic E-state index is 12.0. The van der Waals surface area contributed by atoms with Gasteiger partial charge in [0.2, 0.25) is 5.91 Å². The largest absolute Gasteiger partial charge is 0.332 e. The first kappa shape index (κ1) is 19.1. The first-order valence-corrected chi connectivity index (χ1v) is 8.22. The molecule has 25 heavy (non-hydrogen) atoms. The topological polar surface area (TPSA) is 84.3 Å². The summed E-state index contributed by atoms with van der Waals surface area (Å²) in [4.78, 5) is 22.3. The van der Waals surface area contributed by atoms with E-state index in [1.807, 2.05) is 0 Å². The normalized spacial score (nSPS) is 10.2. The predicted octanol–water partition coefficient (Wildman–Crippen LogP) is 4.27. The molecule has 0 aliphatic heterocycles. The quantitative estimate of drug-likeness (QED) is 0.457. The van der Waals surface area contributed by atoms with Crippen LogP contribution in [0.25, 0.3) is 0 Å². The van der Waals surface area contributed by atoms with Crippen molar-refractivity contribution in [2.75, 3.05) is 5.32 Å². The first-order valence-electron chi connectivity index (χ1n) is 7.06. The Bertz CT molecular complexity index is 841. The maximum Gasteiger partial charge on any atom is 0.288 e. The third-order valence-corrected chi connectivity index (χ3v) is 4.03. The molecule has 0 radical (unpaired) electrons. The van der Waals surface area contributed by atoms with Crippen molar-refractivity contribution in [3.05, 3.63) is 67.7 Å². The molecule has 0 saturated carbocycles. The highest BCUT2D eigenvalue weighted by Gasteiger charge is 2.16. The summed E-state index contributed by atoms with van der Waals surface area (Å²) in [6.07, 6.45) is 0.138. The van der Waals surface area contributed by atoms with Crippen LogP contribution in [0.3, 0.4) is 0 Å². The zero-order valence-corrected chi connectivity index (χ0v) is 15.3. The number of nitro groups is 1. The molecule has 0 aliphatic rings. The fourth-order valence-electron chi connectivity index (χ4n) is 2.05. The van der Waals surface area contributed by atoms with Crippen molar-refractivity contribution in [1.29, 1.82) is 0 Å². The van der Waals surface area contributed by atoms with Gasteiger partial charge in [-0.05, 0) is 48.5 Å². The molecule has 2 aromatic rings. The number of nitro benzene ring substituents is 1. The van der Waals surface area contributed by atoms with Gasteiger partial charge in [-0.2, -0.15) is 0 Å². The summed E-state index contributed by atoms with van der Waals surface area (Å²) in [5, 5.41) is 16.9. The van der Waals surface area contributed by atoms with Gasteiger partial charge in [0, 0.05) is 16.8 Å². The Morgan fingerprint density at radius 2 is 1.88 bits per heavy atom. The number of aryl methyl sites for hydroxylation is 1. The summed E-state index contributed by atoms with van der Waals surface area (Å²) in [6.45, 7) is 1.67. The molecule has 0 aromatic heterocycles. The Morgan fingerprint density at radius 1 is 1.24 bits per heavy atom. The van der Waals surface area contributed by atoms with Crippen LogP contribution in [-0.4, -0.2) is 15.9 Å². The van der Waals surface area contributed by atoms with Gasteiger partial charge in [-0.1, -0.05) is 35.3 Å². The summed E-state index contributed by atoms with van der Waals surface area (Å²) in [5.74, 6) is -0.300. The van der Waals surface area contributed by atoms with Gasteiger partial charge in [-0.3, -0.25) is 14.9 Å². The number of hydrogen-bond acceptors (Lipinski definition) is 4. The molecule has 1 amide bonds. The fourth-order valence-corrected chi connectivity index (χ4v) is 2.64. The number of nitrogens with zero attached hydrogens (tertiary/aromatic N) is 1. The summed E-state index contributed by atoms with van der Waals surface area (Å²) in [7, 11) is 0. The lowest BCUT2D eigenvalue weighted by atomic mass is 10.1. The Balaban J connectivity index is 2.00. The van der Waals surface area contributed by atoms with E-state index >= 15 is 0 Å². The number of amides is 1. The van der Waals surface area contributed by atoms with Crippen molar-refractivity contribution < 1.29 is 9.72 Å². The molecular weight excluding hydrogens is 385 g/mol. The minimum atomic E-state index is -0.564. The SMILES string of the molecule is Cc1cc([N+](=O)[O-])c(Cl)cc1NC(=S)NC(=O)Cc1ccc(Cl)cc1. The zero-order chi connectivity index (χ0) is 18.6. The van der Waals surface area contributed by atoms with E-state index in [9.17, 15) is 14.9 Å². The van der Waals surface area contributed by atoms with Crippen LogP contribution in [0.5, 0.6) is 0 Å². The second-order valence-corrected chi connectivity index (χ2v) is 6.43. The number of nitrogens with one attached hydrogen (secondary N) is 2. The van der Waals surface area contributed by atoms with Crippen LogP contribution in [0.2, 0.25) is 10.0 Å². The maximum absolute atomic E-state index is 12.0. The van der Waals surface area contributed by atoms with E-state index in [0.717, 1.165) is 5.56 Å². The molecule has 6 nitrogen and oxygen atoms in total. The predicted molar refractivity (Wildman–Crippen MR) is 102 cm³/mol. The van der Waals surface area contributed by atoms with Crippen LogP contribution >= 0.6 is 35.4 Å². The number of carbonyl (C=O) groups is 1. The van der Waals surface area contributed by atoms with Crippen molar-refractivity contribution in [3.8, 4) is 0 Å². The molecule has 0 spiro atoms. The molecule has 130 valence electrons. The standard InChI is InChI=1S/C16H13Cl2N3O3S/c1-9-6-14(21(23)24)12(18)8-13(9)19-16(25)20-15(22)7-10-2-4-11(17)5-3-10/h2-6,8H,7H2,1H3,(H2,19,20,22,25). The summed E-state index contributed by atoms with van der Waals surface area (Å²) < 4.78 is 0. The van der Waals surface area contributed by atoms with Gasteiger partial charge in [-0.15, -0.1) is 0 Å². The molecule has 9 heteroatoms. The summed E-state index contributed by atoms with van der Waals surface area (Å²) in [5.41, 5.74) is 1.65. The van der Waals surface area contributed by atoms with E-state index < -0.39 is 4.92 Å². The number of rotatable bonds is 4. The van der Waals surface area contributed by atoms with Gasteiger partial charge in [0.1, 0.15) is 5.02 Å². The lowest BCUT2D eigenvalue weighted by Gasteiger charge is -2.12. The second kappa shape index (κ2) is 8.24. The van der Waals surface area contributed by atoms with Gasteiger partial charge in [0.05, 0.1) is 11.3 Å². The molecule has 0 bridgehead atoms. The Hall–Kier alpha value is -2.22. The van der Waals surface area contributed by atoms with E-state index in [1.165, 1.54) is 12.1 Å². The lowest BCUT2D eigenvalue weighted by molar-refractivity contribution is -0.384. The lowest BCUT2D eigenvalue weighted by Crippen LogP contribution is -2.35. The number of hydrogen-bond donors (Lipinski definition) is 2. The van der Waals surface area contributed by atoms with Crippen molar-refractivity contribution in [3.63, 3.8) is 0 Å². The van der Waals surface area contributed by atoms with Crippen molar-refractivity contribution in [1.82, 2.24) is 5.32 Å². The van der Waals surface area contributed by atoms with Crippen molar-refractivity contribution in [2.45, 2.75) is 13.3 Å². The van der Waals surface area contributed by atoms with Crippen LogP contribution in [0.4, 0.5) is 11.4 Å². The molecule has 2 N–H and O–H groups in total. The number of anilines is 1. The van der Waals surface area contributed by atoms with E-state index in [2.05, 4.69) is 10.6 Å². The molecule has 0 fully saturated rings. The Labute approximate surface area is 159 Å². The molecule has 2 aromatic carbocycles. The monoisotopic (exact) mass is 397 g/mol. The molecule has 0 unspecified atom stereocenters. The van der Waals surface area contributed by atoms with Crippen LogP contribution in [-0.2, 0) is 11.2 Å². The molecule has 0 atom stereocenters. The highest BCUT2D eigenvalue weighted by Crippen LogP contribution is 2.30. The van der Waals surface area contributed by atoms with Gasteiger partial charge < -0.3 is 10.6 Å². The highest BCUT2D eigenvalue weighted by molar-refractivity contribution is 7.80. The minimum absolute atomic E-state index is 0.0200. The number of carbonyl (C=O) groups excluding carboxylic acids is 1. The number of thiocarbonyl (C=S) groups is 1. The average molecular weight is 398 g/mol. The van der Waals surface area contributed by atoms with Gasteiger partial charge in [0.15, 0.2) is 5.11 Å². The molecule has 0 saturated heterocycles. The smallest absolute Gasteiger partial charge is 0.288 e. The first-order chi connectivity index (χ1) is 11.8. The van der Waals surface area contributed by atoms with E-state index in [4.69, 9.17) is 35.4 Å². The number of benzene rings is 2. The van der Waals surface area contributed by atoms with Gasteiger partial charge in [-0.25, -0.2) is 0 Å². The van der Waals surface area contributed by atoms with Gasteiger partial charge in [0.25, 0.3) is 5.69 Å². The van der Waals surface area contributed by atoms with Crippen LogP contribution < -0.4 is 10.6 Å². The summed E-state index contributed by atoms with van der Waals surface area (Å²) >= 11 is 16.8. The minimum Gasteiger partial charge on any atom is -0.332 e.